The number of nitrogens with one attached hydrogen (secondary N) is 1. The Morgan fingerprint density at radius 1 is 1.24 bits per heavy atom. The third-order valence-electron chi connectivity index (χ3n) is 2.79. The fourth-order valence-electron chi connectivity index (χ4n) is 1.66. The van der Waals surface area contributed by atoms with Gasteiger partial charge >= 0.3 is 0 Å². The standard InChI is InChI=1S/C16H13IN2O2/c1-11(21-15-5-3-2-4-14(15)17)16(20)19-13-8-6-12(10-18)7-9-13/h2-9,11H,1H3,(H,19,20). The maximum Gasteiger partial charge on any atom is 0.265 e. The topological polar surface area (TPSA) is 62.1 Å². The zero-order valence-electron chi connectivity index (χ0n) is 11.3. The van der Waals surface area contributed by atoms with Crippen molar-refractivity contribution in [1.82, 2.24) is 0 Å². The molecular weight excluding hydrogens is 379 g/mol. The molecule has 0 saturated heterocycles. The quantitative estimate of drug-likeness (QED) is 0.810. The average Bonchev–Trinajstić information content (AvgIpc) is 2.50. The monoisotopic (exact) mass is 392 g/mol. The van der Waals surface area contributed by atoms with Crippen LogP contribution in [0.1, 0.15) is 12.5 Å². The highest BCUT2D eigenvalue weighted by molar-refractivity contribution is 14.1. The molecule has 2 rings (SSSR count). The van der Waals surface area contributed by atoms with E-state index in [4.69, 9.17) is 10.00 Å². The average molecular weight is 392 g/mol. The molecule has 0 fully saturated rings. The van der Waals surface area contributed by atoms with Gasteiger partial charge in [0, 0.05) is 5.69 Å². The van der Waals surface area contributed by atoms with Crippen molar-refractivity contribution >= 4 is 34.2 Å². The molecule has 0 aliphatic heterocycles. The van der Waals surface area contributed by atoms with E-state index in [1.807, 2.05) is 30.3 Å². The molecule has 5 heteroatoms. The molecule has 1 amide bonds. The van der Waals surface area contributed by atoms with Gasteiger partial charge in [-0.1, -0.05) is 12.1 Å². The van der Waals surface area contributed by atoms with Crippen LogP contribution in [0.4, 0.5) is 5.69 Å². The Morgan fingerprint density at radius 2 is 1.90 bits per heavy atom. The maximum atomic E-state index is 12.1. The summed E-state index contributed by atoms with van der Waals surface area (Å²) < 4.78 is 6.60. The third-order valence-corrected chi connectivity index (χ3v) is 3.68. The predicted molar refractivity (Wildman–Crippen MR) is 89.0 cm³/mol. The van der Waals surface area contributed by atoms with Crippen molar-refractivity contribution in [2.24, 2.45) is 0 Å². The summed E-state index contributed by atoms with van der Waals surface area (Å²) in [5.41, 5.74) is 1.19. The van der Waals surface area contributed by atoms with Crippen molar-refractivity contribution < 1.29 is 9.53 Å². The molecule has 21 heavy (non-hydrogen) atoms. The van der Waals surface area contributed by atoms with Gasteiger partial charge in [-0.15, -0.1) is 0 Å². The predicted octanol–water partition coefficient (Wildman–Crippen LogP) is 3.57. The number of para-hydroxylation sites is 1. The van der Waals surface area contributed by atoms with Gasteiger partial charge in [-0.25, -0.2) is 0 Å². The molecule has 0 saturated carbocycles. The summed E-state index contributed by atoms with van der Waals surface area (Å²) in [7, 11) is 0. The molecule has 0 aliphatic carbocycles. The molecule has 1 atom stereocenters. The zero-order valence-corrected chi connectivity index (χ0v) is 13.5. The summed E-state index contributed by atoms with van der Waals surface area (Å²) in [5, 5.41) is 11.5. The van der Waals surface area contributed by atoms with Crippen molar-refractivity contribution in [2.45, 2.75) is 13.0 Å². The fourth-order valence-corrected chi connectivity index (χ4v) is 2.17. The van der Waals surface area contributed by atoms with E-state index in [0.29, 0.717) is 17.0 Å². The lowest BCUT2D eigenvalue weighted by atomic mass is 10.2. The number of anilines is 1. The molecule has 106 valence electrons. The number of ether oxygens (including phenoxy) is 1. The molecule has 4 nitrogen and oxygen atoms in total. The van der Waals surface area contributed by atoms with Crippen LogP contribution < -0.4 is 10.1 Å². The number of amides is 1. The first-order valence-corrected chi connectivity index (χ1v) is 7.40. The second-order valence-electron chi connectivity index (χ2n) is 4.37. The number of nitrogens with zero attached hydrogens (tertiary/aromatic N) is 1. The summed E-state index contributed by atoms with van der Waals surface area (Å²) >= 11 is 2.16. The van der Waals surface area contributed by atoms with Crippen molar-refractivity contribution in [2.75, 3.05) is 5.32 Å². The van der Waals surface area contributed by atoms with Gasteiger partial charge in [0.05, 0.1) is 15.2 Å². The molecule has 0 radical (unpaired) electrons. The largest absolute Gasteiger partial charge is 0.480 e. The highest BCUT2D eigenvalue weighted by atomic mass is 127. The van der Waals surface area contributed by atoms with E-state index >= 15 is 0 Å². The number of rotatable bonds is 4. The molecule has 2 aromatic rings. The van der Waals surface area contributed by atoms with Gasteiger partial charge in [0.1, 0.15) is 5.75 Å². The molecule has 1 N–H and O–H groups in total. The third kappa shape index (κ3) is 4.20. The fraction of sp³-hybridized carbons (Fsp3) is 0.125. The molecule has 0 spiro atoms. The van der Waals surface area contributed by atoms with Crippen LogP contribution in [0.2, 0.25) is 0 Å². The van der Waals surface area contributed by atoms with E-state index in [2.05, 4.69) is 27.9 Å². The first kappa shape index (κ1) is 15.3. The Kier molecular flexibility index (Phi) is 5.17. The summed E-state index contributed by atoms with van der Waals surface area (Å²) in [4.78, 5) is 12.1. The molecule has 0 bridgehead atoms. The van der Waals surface area contributed by atoms with Gasteiger partial charge in [0.15, 0.2) is 6.10 Å². The van der Waals surface area contributed by atoms with Crippen LogP contribution in [-0.2, 0) is 4.79 Å². The lowest BCUT2D eigenvalue weighted by Crippen LogP contribution is -2.30. The van der Waals surface area contributed by atoms with E-state index in [-0.39, 0.29) is 5.91 Å². The lowest BCUT2D eigenvalue weighted by Gasteiger charge is -2.15. The highest BCUT2D eigenvalue weighted by Gasteiger charge is 2.15. The molecule has 0 aliphatic rings. The Morgan fingerprint density at radius 3 is 2.52 bits per heavy atom. The van der Waals surface area contributed by atoms with Crippen LogP contribution in [0.25, 0.3) is 0 Å². The number of hydrogen-bond acceptors (Lipinski definition) is 3. The van der Waals surface area contributed by atoms with E-state index < -0.39 is 6.10 Å². The van der Waals surface area contributed by atoms with Gasteiger partial charge in [-0.2, -0.15) is 5.26 Å². The van der Waals surface area contributed by atoms with E-state index in [1.54, 1.807) is 31.2 Å². The summed E-state index contributed by atoms with van der Waals surface area (Å²) in [5.74, 6) is 0.444. The Balaban J connectivity index is 1.99. The minimum Gasteiger partial charge on any atom is -0.480 e. The van der Waals surface area contributed by atoms with Gasteiger partial charge in [-0.3, -0.25) is 4.79 Å². The van der Waals surface area contributed by atoms with Crippen LogP contribution in [-0.4, -0.2) is 12.0 Å². The smallest absolute Gasteiger partial charge is 0.265 e. The Hall–Kier alpha value is -2.07. The van der Waals surface area contributed by atoms with Gasteiger partial charge < -0.3 is 10.1 Å². The number of benzene rings is 2. The van der Waals surface area contributed by atoms with Crippen LogP contribution in [0.15, 0.2) is 48.5 Å². The van der Waals surface area contributed by atoms with Gasteiger partial charge in [-0.05, 0) is 65.9 Å². The number of carbonyl (C=O) groups excluding carboxylic acids is 1. The second-order valence-corrected chi connectivity index (χ2v) is 5.53. The minimum absolute atomic E-state index is 0.237. The van der Waals surface area contributed by atoms with E-state index in [9.17, 15) is 4.79 Å². The highest BCUT2D eigenvalue weighted by Crippen LogP contribution is 2.21. The lowest BCUT2D eigenvalue weighted by molar-refractivity contribution is -0.122. The van der Waals surface area contributed by atoms with Crippen LogP contribution in [0, 0.1) is 14.9 Å². The molecule has 2 aromatic carbocycles. The van der Waals surface area contributed by atoms with Gasteiger partial charge in [0.25, 0.3) is 5.91 Å². The second kappa shape index (κ2) is 7.09. The zero-order chi connectivity index (χ0) is 15.2. The molecular formula is C16H13IN2O2. The number of halogens is 1. The summed E-state index contributed by atoms with van der Waals surface area (Å²) in [6.07, 6.45) is -0.614. The first-order chi connectivity index (χ1) is 10.1. The van der Waals surface area contributed by atoms with E-state index in [1.165, 1.54) is 0 Å². The van der Waals surface area contributed by atoms with Crippen molar-refractivity contribution in [3.05, 3.63) is 57.7 Å². The maximum absolute atomic E-state index is 12.1. The Labute approximate surface area is 136 Å². The number of nitriles is 1. The first-order valence-electron chi connectivity index (χ1n) is 6.32. The van der Waals surface area contributed by atoms with Crippen LogP contribution in [0.3, 0.4) is 0 Å². The molecule has 0 aromatic heterocycles. The normalized spacial score (nSPS) is 11.3. The van der Waals surface area contributed by atoms with Crippen LogP contribution >= 0.6 is 22.6 Å². The van der Waals surface area contributed by atoms with Crippen molar-refractivity contribution in [1.29, 1.82) is 5.26 Å². The minimum atomic E-state index is -0.614. The summed E-state index contributed by atoms with van der Waals surface area (Å²) in [6, 6.07) is 16.2. The van der Waals surface area contributed by atoms with Crippen molar-refractivity contribution in [3.63, 3.8) is 0 Å². The van der Waals surface area contributed by atoms with Crippen molar-refractivity contribution in [3.8, 4) is 11.8 Å². The van der Waals surface area contributed by atoms with Crippen LogP contribution in [0.5, 0.6) is 5.75 Å². The summed E-state index contributed by atoms with van der Waals surface area (Å²) in [6.45, 7) is 1.70. The Bertz CT molecular complexity index is 677. The number of hydrogen-bond donors (Lipinski definition) is 1. The number of carbonyl (C=O) groups is 1. The van der Waals surface area contributed by atoms with E-state index in [0.717, 1.165) is 3.57 Å². The molecule has 1 unspecified atom stereocenters. The van der Waals surface area contributed by atoms with Gasteiger partial charge in [0.2, 0.25) is 0 Å². The SMILES string of the molecule is CC(Oc1ccccc1I)C(=O)Nc1ccc(C#N)cc1. The molecule has 0 heterocycles.